The molecule has 0 saturated carbocycles. The summed E-state index contributed by atoms with van der Waals surface area (Å²) >= 11 is 1.62. The van der Waals surface area contributed by atoms with Crippen molar-refractivity contribution in [1.29, 1.82) is 0 Å². The first-order valence-corrected chi connectivity index (χ1v) is 6.57. The molecule has 4 heteroatoms. The van der Waals surface area contributed by atoms with E-state index in [1.165, 1.54) is 0 Å². The molecule has 1 fully saturated rings. The van der Waals surface area contributed by atoms with Crippen LogP contribution in [0.1, 0.15) is 24.6 Å². The third kappa shape index (κ3) is 3.06. The largest absolute Gasteiger partial charge is 0.376 e. The van der Waals surface area contributed by atoms with E-state index in [4.69, 9.17) is 4.74 Å². The lowest BCUT2D eigenvalue weighted by molar-refractivity contribution is -0.121. The smallest absolute Gasteiger partial charge is 0.225 e. The van der Waals surface area contributed by atoms with Crippen LogP contribution in [0, 0.1) is 0 Å². The number of thiophene rings is 1. The second-order valence-corrected chi connectivity index (χ2v) is 5.20. The van der Waals surface area contributed by atoms with Gasteiger partial charge in [0.15, 0.2) is 0 Å². The molecular weight excluding hydrogens is 222 g/mol. The molecule has 1 amide bonds. The minimum atomic E-state index is 0.0884. The lowest BCUT2D eigenvalue weighted by atomic mass is 10.1. The maximum Gasteiger partial charge on any atom is 0.225 e. The third-order valence-corrected chi connectivity index (χ3v) is 3.70. The van der Waals surface area contributed by atoms with Crippen LogP contribution in [0.3, 0.4) is 0 Å². The summed E-state index contributed by atoms with van der Waals surface area (Å²) in [7, 11) is 0. The van der Waals surface area contributed by atoms with Crippen LogP contribution in [0.5, 0.6) is 0 Å². The maximum atomic E-state index is 11.7. The molecule has 1 aromatic rings. The number of carbonyl (C=O) groups is 1. The molecule has 0 unspecified atom stereocenters. The van der Waals surface area contributed by atoms with Gasteiger partial charge in [0.1, 0.15) is 0 Å². The molecule has 0 aromatic carbocycles. The summed E-state index contributed by atoms with van der Waals surface area (Å²) in [5, 5.41) is 5.00. The number of hydrogen-bond donors (Lipinski definition) is 1. The van der Waals surface area contributed by atoms with Crippen LogP contribution < -0.4 is 5.32 Å². The molecule has 1 aromatic heterocycles. The SMILES string of the molecule is C[C@H](NC(=O)Cc1cccs1)[C@H]1CCCO1. The zero-order valence-corrected chi connectivity index (χ0v) is 10.3. The topological polar surface area (TPSA) is 38.3 Å². The predicted octanol–water partition coefficient (Wildman–Crippen LogP) is 1.97. The van der Waals surface area contributed by atoms with Gasteiger partial charge in [-0.2, -0.15) is 0 Å². The number of amides is 1. The summed E-state index contributed by atoms with van der Waals surface area (Å²) in [6.45, 7) is 2.85. The first-order chi connectivity index (χ1) is 7.75. The van der Waals surface area contributed by atoms with E-state index in [-0.39, 0.29) is 18.1 Å². The zero-order valence-electron chi connectivity index (χ0n) is 9.44. The Morgan fingerprint density at radius 3 is 3.25 bits per heavy atom. The molecule has 1 N–H and O–H groups in total. The highest BCUT2D eigenvalue weighted by atomic mass is 32.1. The average molecular weight is 239 g/mol. The van der Waals surface area contributed by atoms with E-state index in [1.807, 2.05) is 24.4 Å². The fraction of sp³-hybridized carbons (Fsp3) is 0.583. The summed E-state index contributed by atoms with van der Waals surface area (Å²) < 4.78 is 5.54. The Hall–Kier alpha value is -0.870. The lowest BCUT2D eigenvalue weighted by Crippen LogP contribution is -2.41. The molecule has 0 spiro atoms. The van der Waals surface area contributed by atoms with E-state index >= 15 is 0 Å². The Balaban J connectivity index is 1.78. The van der Waals surface area contributed by atoms with Gasteiger partial charge in [-0.25, -0.2) is 0 Å². The number of nitrogens with one attached hydrogen (secondary N) is 1. The van der Waals surface area contributed by atoms with Gasteiger partial charge in [0.25, 0.3) is 0 Å². The van der Waals surface area contributed by atoms with Crippen molar-refractivity contribution in [2.45, 2.75) is 38.3 Å². The molecule has 2 rings (SSSR count). The van der Waals surface area contributed by atoms with E-state index in [1.54, 1.807) is 11.3 Å². The summed E-state index contributed by atoms with van der Waals surface area (Å²) in [6, 6.07) is 4.08. The molecule has 3 nitrogen and oxygen atoms in total. The molecule has 1 saturated heterocycles. The van der Waals surface area contributed by atoms with Gasteiger partial charge in [-0.15, -0.1) is 11.3 Å². The first kappa shape index (κ1) is 11.6. The molecule has 2 atom stereocenters. The summed E-state index contributed by atoms with van der Waals surface area (Å²) in [4.78, 5) is 12.8. The highest BCUT2D eigenvalue weighted by Gasteiger charge is 2.23. The van der Waals surface area contributed by atoms with Gasteiger partial charge in [0.2, 0.25) is 5.91 Å². The normalized spacial score (nSPS) is 21.9. The molecule has 2 heterocycles. The zero-order chi connectivity index (χ0) is 11.4. The van der Waals surface area contributed by atoms with Gasteiger partial charge in [-0.05, 0) is 31.2 Å². The maximum absolute atomic E-state index is 11.7. The van der Waals surface area contributed by atoms with Gasteiger partial charge in [-0.3, -0.25) is 4.79 Å². The van der Waals surface area contributed by atoms with Crippen LogP contribution in [-0.2, 0) is 16.0 Å². The fourth-order valence-corrected chi connectivity index (χ4v) is 2.67. The molecule has 0 aliphatic carbocycles. The third-order valence-electron chi connectivity index (χ3n) is 2.83. The van der Waals surface area contributed by atoms with Crippen LogP contribution in [0.4, 0.5) is 0 Å². The number of rotatable bonds is 4. The Morgan fingerprint density at radius 2 is 2.62 bits per heavy atom. The molecule has 16 heavy (non-hydrogen) atoms. The molecule has 0 radical (unpaired) electrons. The quantitative estimate of drug-likeness (QED) is 0.872. The van der Waals surface area contributed by atoms with Crippen LogP contribution in [0.15, 0.2) is 17.5 Å². The van der Waals surface area contributed by atoms with Crippen LogP contribution in [0.2, 0.25) is 0 Å². The highest BCUT2D eigenvalue weighted by molar-refractivity contribution is 7.10. The van der Waals surface area contributed by atoms with Crippen molar-refractivity contribution in [2.24, 2.45) is 0 Å². The van der Waals surface area contributed by atoms with Gasteiger partial charge < -0.3 is 10.1 Å². The van der Waals surface area contributed by atoms with Gasteiger partial charge >= 0.3 is 0 Å². The van der Waals surface area contributed by atoms with Crippen LogP contribution >= 0.6 is 11.3 Å². The average Bonchev–Trinajstić information content (AvgIpc) is 2.88. The molecular formula is C12H17NO2S. The summed E-state index contributed by atoms with van der Waals surface area (Å²) in [6.07, 6.45) is 2.85. The van der Waals surface area contributed by atoms with E-state index in [0.717, 1.165) is 24.3 Å². The Bertz CT molecular complexity index is 331. The summed E-state index contributed by atoms with van der Waals surface area (Å²) in [5.74, 6) is 0.0884. The second kappa shape index (κ2) is 5.46. The van der Waals surface area contributed by atoms with Crippen molar-refractivity contribution in [3.8, 4) is 0 Å². The van der Waals surface area contributed by atoms with Crippen molar-refractivity contribution in [2.75, 3.05) is 6.61 Å². The number of ether oxygens (including phenoxy) is 1. The first-order valence-electron chi connectivity index (χ1n) is 5.69. The molecule has 1 aliphatic rings. The lowest BCUT2D eigenvalue weighted by Gasteiger charge is -2.19. The molecule has 1 aliphatic heterocycles. The van der Waals surface area contributed by atoms with Gasteiger partial charge in [0, 0.05) is 11.5 Å². The molecule has 88 valence electrons. The van der Waals surface area contributed by atoms with Crippen molar-refractivity contribution in [3.63, 3.8) is 0 Å². The standard InChI is InChI=1S/C12H17NO2S/c1-9(11-5-2-6-15-11)13-12(14)8-10-4-3-7-16-10/h3-4,7,9,11H,2,5-6,8H2,1H3,(H,13,14)/t9-,11+/m0/s1. The van der Waals surface area contributed by atoms with E-state index in [2.05, 4.69) is 5.32 Å². The number of hydrogen-bond acceptors (Lipinski definition) is 3. The monoisotopic (exact) mass is 239 g/mol. The Kier molecular flexibility index (Phi) is 3.96. The van der Waals surface area contributed by atoms with Crippen LogP contribution in [-0.4, -0.2) is 24.7 Å². The number of carbonyl (C=O) groups excluding carboxylic acids is 1. The second-order valence-electron chi connectivity index (χ2n) is 4.16. The van der Waals surface area contributed by atoms with Gasteiger partial charge in [-0.1, -0.05) is 6.07 Å². The predicted molar refractivity (Wildman–Crippen MR) is 64.6 cm³/mol. The van der Waals surface area contributed by atoms with Crippen molar-refractivity contribution < 1.29 is 9.53 Å². The molecule has 0 bridgehead atoms. The minimum Gasteiger partial charge on any atom is -0.376 e. The Morgan fingerprint density at radius 1 is 1.75 bits per heavy atom. The van der Waals surface area contributed by atoms with E-state index in [0.29, 0.717) is 6.42 Å². The van der Waals surface area contributed by atoms with E-state index < -0.39 is 0 Å². The minimum absolute atomic E-state index is 0.0884. The fourth-order valence-electron chi connectivity index (χ4n) is 1.97. The Labute approximate surface area is 99.8 Å². The van der Waals surface area contributed by atoms with Gasteiger partial charge in [0.05, 0.1) is 18.6 Å². The van der Waals surface area contributed by atoms with Crippen molar-refractivity contribution in [1.82, 2.24) is 5.32 Å². The van der Waals surface area contributed by atoms with Crippen molar-refractivity contribution in [3.05, 3.63) is 22.4 Å². The highest BCUT2D eigenvalue weighted by Crippen LogP contribution is 2.15. The van der Waals surface area contributed by atoms with Crippen LogP contribution in [0.25, 0.3) is 0 Å². The summed E-state index contributed by atoms with van der Waals surface area (Å²) in [5.41, 5.74) is 0. The van der Waals surface area contributed by atoms with Crippen molar-refractivity contribution >= 4 is 17.2 Å². The van der Waals surface area contributed by atoms with E-state index in [9.17, 15) is 4.79 Å².